The number of nitrogens with one attached hydrogen (secondary N) is 2. The molecule has 210 valence electrons. The van der Waals surface area contributed by atoms with Crippen molar-refractivity contribution in [2.45, 2.75) is 6.92 Å². The van der Waals surface area contributed by atoms with Gasteiger partial charge in [0.05, 0.1) is 66.3 Å². The SMILES string of the molecule is Cc1c(-c2cccc3[nH]ccc23)nc2cc(F)cc(F)c2c1Nc1cc(N2CCOCC2)cnc1N1CCOCC1. The highest BCUT2D eigenvalue weighted by molar-refractivity contribution is 6.02. The first-order valence-electron chi connectivity index (χ1n) is 13.8. The van der Waals surface area contributed by atoms with Crippen molar-refractivity contribution in [1.29, 1.82) is 0 Å². The van der Waals surface area contributed by atoms with Crippen LogP contribution in [0.3, 0.4) is 0 Å². The molecule has 2 aromatic carbocycles. The third-order valence-corrected chi connectivity index (χ3v) is 7.90. The fourth-order valence-corrected chi connectivity index (χ4v) is 5.81. The zero-order valence-electron chi connectivity index (χ0n) is 22.7. The van der Waals surface area contributed by atoms with Gasteiger partial charge >= 0.3 is 0 Å². The molecule has 10 heteroatoms. The Bertz CT molecular complexity index is 1740. The van der Waals surface area contributed by atoms with Gasteiger partial charge < -0.3 is 29.6 Å². The van der Waals surface area contributed by atoms with Crippen molar-refractivity contribution in [3.8, 4) is 11.3 Å². The minimum Gasteiger partial charge on any atom is -0.378 e. The number of pyridine rings is 2. The zero-order valence-corrected chi connectivity index (χ0v) is 22.7. The molecule has 0 aliphatic carbocycles. The van der Waals surface area contributed by atoms with Crippen LogP contribution in [0.1, 0.15) is 5.56 Å². The van der Waals surface area contributed by atoms with E-state index >= 15 is 4.39 Å². The fourth-order valence-electron chi connectivity index (χ4n) is 5.81. The number of halogens is 2. The molecule has 8 nitrogen and oxygen atoms in total. The van der Waals surface area contributed by atoms with Crippen molar-refractivity contribution >= 4 is 44.7 Å². The number of nitrogens with zero attached hydrogens (tertiary/aromatic N) is 4. The van der Waals surface area contributed by atoms with Gasteiger partial charge in [0.1, 0.15) is 11.6 Å². The van der Waals surface area contributed by atoms with E-state index < -0.39 is 11.6 Å². The molecule has 5 aromatic rings. The Morgan fingerprint density at radius 2 is 1.68 bits per heavy atom. The second-order valence-electron chi connectivity index (χ2n) is 10.4. The summed E-state index contributed by atoms with van der Waals surface area (Å²) in [5, 5.41) is 4.78. The number of hydrogen-bond acceptors (Lipinski definition) is 7. The van der Waals surface area contributed by atoms with Crippen molar-refractivity contribution in [3.05, 3.63) is 72.1 Å². The minimum absolute atomic E-state index is 0.235. The monoisotopic (exact) mass is 556 g/mol. The molecule has 0 unspecified atom stereocenters. The Kier molecular flexibility index (Phi) is 6.64. The van der Waals surface area contributed by atoms with Gasteiger partial charge in [0.25, 0.3) is 0 Å². The average molecular weight is 557 g/mol. The Balaban J connectivity index is 1.43. The molecule has 2 N–H and O–H groups in total. The van der Waals surface area contributed by atoms with Gasteiger partial charge in [-0.3, -0.25) is 0 Å². The number of anilines is 4. The van der Waals surface area contributed by atoms with Crippen LogP contribution < -0.4 is 15.1 Å². The Hall–Kier alpha value is -4.28. The van der Waals surface area contributed by atoms with Crippen molar-refractivity contribution in [3.63, 3.8) is 0 Å². The summed E-state index contributed by atoms with van der Waals surface area (Å²) < 4.78 is 41.2. The van der Waals surface area contributed by atoms with Crippen LogP contribution in [0.25, 0.3) is 33.1 Å². The summed E-state index contributed by atoms with van der Waals surface area (Å²) in [6.45, 7) is 7.31. The lowest BCUT2D eigenvalue weighted by Crippen LogP contribution is -2.38. The number of benzene rings is 2. The summed E-state index contributed by atoms with van der Waals surface area (Å²) in [6.07, 6.45) is 3.76. The van der Waals surface area contributed by atoms with Crippen LogP contribution in [0.5, 0.6) is 0 Å². The Morgan fingerprint density at radius 1 is 0.927 bits per heavy atom. The van der Waals surface area contributed by atoms with E-state index in [-0.39, 0.29) is 10.9 Å². The van der Waals surface area contributed by atoms with Gasteiger partial charge in [0.2, 0.25) is 0 Å². The zero-order chi connectivity index (χ0) is 27.9. The van der Waals surface area contributed by atoms with Crippen LogP contribution in [-0.4, -0.2) is 67.6 Å². The summed E-state index contributed by atoms with van der Waals surface area (Å²) in [5.41, 5.74) is 5.70. The number of H-pyrrole nitrogens is 1. The van der Waals surface area contributed by atoms with E-state index in [0.29, 0.717) is 50.9 Å². The minimum atomic E-state index is -0.673. The number of rotatable bonds is 5. The maximum atomic E-state index is 15.6. The maximum absolute atomic E-state index is 15.6. The van der Waals surface area contributed by atoms with Gasteiger partial charge in [-0.25, -0.2) is 18.7 Å². The van der Waals surface area contributed by atoms with Crippen LogP contribution in [0.2, 0.25) is 0 Å². The Labute approximate surface area is 235 Å². The van der Waals surface area contributed by atoms with Gasteiger partial charge in [-0.1, -0.05) is 12.1 Å². The number of fused-ring (bicyclic) bond motifs is 2. The van der Waals surface area contributed by atoms with Crippen molar-refractivity contribution in [2.24, 2.45) is 0 Å². The first-order valence-corrected chi connectivity index (χ1v) is 13.8. The molecule has 0 atom stereocenters. The van der Waals surface area contributed by atoms with E-state index in [1.54, 1.807) is 0 Å². The van der Waals surface area contributed by atoms with Crippen molar-refractivity contribution in [1.82, 2.24) is 15.0 Å². The predicted molar refractivity (Wildman–Crippen MR) is 157 cm³/mol. The molecule has 0 radical (unpaired) electrons. The van der Waals surface area contributed by atoms with E-state index in [9.17, 15) is 4.39 Å². The first-order chi connectivity index (χ1) is 20.1. The van der Waals surface area contributed by atoms with Gasteiger partial charge in [-0.2, -0.15) is 0 Å². The highest BCUT2D eigenvalue weighted by atomic mass is 19.1. The number of aromatic amines is 1. The van der Waals surface area contributed by atoms with E-state index in [2.05, 4.69) is 26.2 Å². The summed E-state index contributed by atoms with van der Waals surface area (Å²) in [5.74, 6) is -0.589. The fraction of sp³-hybridized carbons (Fsp3) is 0.290. The van der Waals surface area contributed by atoms with E-state index in [0.717, 1.165) is 58.4 Å². The van der Waals surface area contributed by atoms with Crippen LogP contribution in [-0.2, 0) is 9.47 Å². The highest BCUT2D eigenvalue weighted by Gasteiger charge is 2.23. The molecule has 0 amide bonds. The van der Waals surface area contributed by atoms with E-state index in [1.807, 2.05) is 43.6 Å². The van der Waals surface area contributed by atoms with Gasteiger partial charge in [0.15, 0.2) is 5.82 Å². The number of morpholine rings is 2. The van der Waals surface area contributed by atoms with E-state index in [1.165, 1.54) is 6.07 Å². The molecule has 2 saturated heterocycles. The summed E-state index contributed by atoms with van der Waals surface area (Å²) in [6, 6.07) is 12.2. The third-order valence-electron chi connectivity index (χ3n) is 7.90. The maximum Gasteiger partial charge on any atom is 0.152 e. The van der Waals surface area contributed by atoms with Crippen LogP contribution in [0.4, 0.5) is 31.7 Å². The molecule has 2 fully saturated rings. The molecular formula is C31H30F2N6O2. The molecule has 7 rings (SSSR count). The summed E-state index contributed by atoms with van der Waals surface area (Å²) in [7, 11) is 0. The lowest BCUT2D eigenvalue weighted by Gasteiger charge is -2.32. The van der Waals surface area contributed by atoms with Crippen molar-refractivity contribution < 1.29 is 18.3 Å². The van der Waals surface area contributed by atoms with Crippen LogP contribution in [0.15, 0.2) is 54.9 Å². The topological polar surface area (TPSA) is 78.5 Å². The second-order valence-corrected chi connectivity index (χ2v) is 10.4. The molecular weight excluding hydrogens is 526 g/mol. The molecule has 2 aliphatic rings. The van der Waals surface area contributed by atoms with Crippen LogP contribution in [0, 0.1) is 18.6 Å². The predicted octanol–water partition coefficient (Wildman–Crippen LogP) is 5.78. The summed E-state index contributed by atoms with van der Waals surface area (Å²) in [4.78, 5) is 17.3. The first kappa shape index (κ1) is 25.7. The standard InChI is InChI=1S/C31H30F2N6O2/c1-19-29(23-3-2-4-25-22(23)5-6-34-25)36-26-16-20(32)15-24(33)28(26)30(19)37-27-17-21(38-7-11-40-12-8-38)18-35-31(27)39-9-13-41-14-10-39/h2-6,15-18,34H,7-14H2,1H3,(H,36,37). The van der Waals surface area contributed by atoms with E-state index in [4.69, 9.17) is 19.4 Å². The number of aromatic nitrogens is 3. The van der Waals surface area contributed by atoms with Gasteiger partial charge in [0, 0.05) is 61.0 Å². The molecule has 0 spiro atoms. The molecule has 3 aromatic heterocycles. The number of hydrogen-bond donors (Lipinski definition) is 2. The summed E-state index contributed by atoms with van der Waals surface area (Å²) >= 11 is 0. The lowest BCUT2D eigenvalue weighted by atomic mass is 9.98. The second kappa shape index (κ2) is 10.6. The molecule has 41 heavy (non-hydrogen) atoms. The highest BCUT2D eigenvalue weighted by Crippen LogP contribution is 2.41. The number of ether oxygens (including phenoxy) is 2. The molecule has 2 aliphatic heterocycles. The van der Waals surface area contributed by atoms with Gasteiger partial charge in [-0.15, -0.1) is 0 Å². The third kappa shape index (κ3) is 4.72. The Morgan fingerprint density at radius 3 is 2.46 bits per heavy atom. The van der Waals surface area contributed by atoms with Crippen LogP contribution >= 0.6 is 0 Å². The molecule has 0 bridgehead atoms. The molecule has 5 heterocycles. The largest absolute Gasteiger partial charge is 0.378 e. The normalized spacial score (nSPS) is 16.1. The lowest BCUT2D eigenvalue weighted by molar-refractivity contribution is 0.122. The van der Waals surface area contributed by atoms with Crippen molar-refractivity contribution in [2.75, 3.05) is 67.7 Å². The molecule has 0 saturated carbocycles. The quantitative estimate of drug-likeness (QED) is 0.284. The average Bonchev–Trinajstić information content (AvgIpc) is 3.49. The smallest absolute Gasteiger partial charge is 0.152 e. The van der Waals surface area contributed by atoms with Gasteiger partial charge in [-0.05, 0) is 30.7 Å².